The predicted molar refractivity (Wildman–Crippen MR) is 96.4 cm³/mol. The molecule has 0 unspecified atom stereocenters. The highest BCUT2D eigenvalue weighted by molar-refractivity contribution is 8.00. The molecule has 1 N–H and O–H groups in total. The Kier molecular flexibility index (Phi) is 6.13. The second kappa shape index (κ2) is 8.72. The largest absolute Gasteiger partial charge is 0.484 e. The van der Waals surface area contributed by atoms with E-state index in [1.165, 1.54) is 53.4 Å². The maximum absolute atomic E-state index is 13.0. The molecule has 0 radical (unpaired) electrons. The van der Waals surface area contributed by atoms with Gasteiger partial charge in [-0.15, -0.1) is 10.2 Å². The summed E-state index contributed by atoms with van der Waals surface area (Å²) < 4.78 is 31.8. The lowest BCUT2D eigenvalue weighted by Crippen LogP contribution is -2.20. The number of ether oxygens (including phenoxy) is 1. The van der Waals surface area contributed by atoms with Crippen LogP contribution < -0.4 is 10.1 Å². The van der Waals surface area contributed by atoms with E-state index in [2.05, 4.69) is 15.5 Å². The first-order chi connectivity index (χ1) is 12.6. The van der Waals surface area contributed by atoms with Gasteiger partial charge in [-0.1, -0.05) is 41.3 Å². The van der Waals surface area contributed by atoms with Gasteiger partial charge in [-0.3, -0.25) is 10.1 Å². The van der Waals surface area contributed by atoms with E-state index in [4.69, 9.17) is 4.74 Å². The van der Waals surface area contributed by atoms with E-state index in [-0.39, 0.29) is 18.2 Å². The lowest BCUT2D eigenvalue weighted by Gasteiger charge is -2.05. The van der Waals surface area contributed by atoms with Gasteiger partial charge in [0.05, 0.1) is 0 Å². The van der Waals surface area contributed by atoms with Gasteiger partial charge in [0.15, 0.2) is 10.9 Å². The van der Waals surface area contributed by atoms with Crippen LogP contribution in [0.5, 0.6) is 5.75 Å². The maximum Gasteiger partial charge on any atom is 0.264 e. The van der Waals surface area contributed by atoms with Gasteiger partial charge >= 0.3 is 0 Å². The summed E-state index contributed by atoms with van der Waals surface area (Å²) in [5, 5.41) is 10.8. The van der Waals surface area contributed by atoms with Crippen LogP contribution in [0, 0.1) is 11.6 Å². The standard InChI is InChI=1S/C17H13F2N3O2S2/c18-12-6-4-11(5-7-12)10-25-17-22-21-16(26-17)20-15(23)9-24-14-3-1-2-13(19)8-14/h1-8H,9-10H2,(H,20,21,23). The van der Waals surface area contributed by atoms with Crippen molar-refractivity contribution < 1.29 is 18.3 Å². The number of thioether (sulfide) groups is 1. The number of nitrogens with zero attached hydrogens (tertiary/aromatic N) is 2. The number of anilines is 1. The van der Waals surface area contributed by atoms with Crippen molar-refractivity contribution in [3.63, 3.8) is 0 Å². The lowest BCUT2D eigenvalue weighted by atomic mass is 10.2. The Morgan fingerprint density at radius 1 is 1.12 bits per heavy atom. The molecule has 9 heteroatoms. The van der Waals surface area contributed by atoms with Gasteiger partial charge < -0.3 is 4.74 Å². The van der Waals surface area contributed by atoms with E-state index in [9.17, 15) is 13.6 Å². The van der Waals surface area contributed by atoms with Crippen molar-refractivity contribution in [2.24, 2.45) is 0 Å². The third-order valence-electron chi connectivity index (χ3n) is 3.09. The number of carbonyl (C=O) groups is 1. The predicted octanol–water partition coefficient (Wildman–Crippen LogP) is 4.13. The van der Waals surface area contributed by atoms with E-state index < -0.39 is 11.7 Å². The number of aromatic nitrogens is 2. The molecule has 2 aromatic carbocycles. The van der Waals surface area contributed by atoms with Crippen LogP contribution in [-0.4, -0.2) is 22.7 Å². The molecule has 0 fully saturated rings. The third-order valence-corrected chi connectivity index (χ3v) is 5.14. The highest BCUT2D eigenvalue weighted by Crippen LogP contribution is 2.28. The maximum atomic E-state index is 13.0. The Labute approximate surface area is 156 Å². The molecule has 0 aliphatic carbocycles. The van der Waals surface area contributed by atoms with Crippen molar-refractivity contribution in [2.75, 3.05) is 11.9 Å². The van der Waals surface area contributed by atoms with E-state index in [1.807, 2.05) is 0 Å². The summed E-state index contributed by atoms with van der Waals surface area (Å²) in [7, 11) is 0. The molecule has 3 rings (SSSR count). The summed E-state index contributed by atoms with van der Waals surface area (Å²) in [6, 6.07) is 11.8. The second-order valence-corrected chi connectivity index (χ2v) is 7.28. The fraction of sp³-hybridized carbons (Fsp3) is 0.118. The zero-order valence-electron chi connectivity index (χ0n) is 13.3. The summed E-state index contributed by atoms with van der Waals surface area (Å²) in [4.78, 5) is 11.9. The molecule has 26 heavy (non-hydrogen) atoms. The number of nitrogens with one attached hydrogen (secondary N) is 1. The van der Waals surface area contributed by atoms with Crippen LogP contribution >= 0.6 is 23.1 Å². The quantitative estimate of drug-likeness (QED) is 0.483. The van der Waals surface area contributed by atoms with Crippen molar-refractivity contribution in [2.45, 2.75) is 10.1 Å². The highest BCUT2D eigenvalue weighted by atomic mass is 32.2. The molecule has 1 amide bonds. The minimum Gasteiger partial charge on any atom is -0.484 e. The van der Waals surface area contributed by atoms with Gasteiger partial charge in [0.1, 0.15) is 17.4 Å². The van der Waals surface area contributed by atoms with Crippen molar-refractivity contribution in [1.82, 2.24) is 10.2 Å². The average Bonchev–Trinajstić information content (AvgIpc) is 3.07. The van der Waals surface area contributed by atoms with Gasteiger partial charge in [0.25, 0.3) is 5.91 Å². The van der Waals surface area contributed by atoms with Gasteiger partial charge in [0.2, 0.25) is 5.13 Å². The van der Waals surface area contributed by atoms with Gasteiger partial charge in [-0.05, 0) is 29.8 Å². The summed E-state index contributed by atoms with van der Waals surface area (Å²) in [6.07, 6.45) is 0. The molecule has 0 spiro atoms. The summed E-state index contributed by atoms with van der Waals surface area (Å²) in [5.74, 6) is -0.241. The van der Waals surface area contributed by atoms with E-state index in [0.717, 1.165) is 5.56 Å². The average molecular weight is 393 g/mol. The molecule has 0 saturated carbocycles. The molecule has 0 atom stereocenters. The smallest absolute Gasteiger partial charge is 0.264 e. The number of hydrogen-bond acceptors (Lipinski definition) is 6. The summed E-state index contributed by atoms with van der Waals surface area (Å²) in [6.45, 7) is -0.263. The fourth-order valence-corrected chi connectivity index (χ4v) is 3.63. The van der Waals surface area contributed by atoms with Crippen molar-refractivity contribution in [3.05, 3.63) is 65.7 Å². The molecule has 3 aromatic rings. The Bertz CT molecular complexity index is 888. The Morgan fingerprint density at radius 2 is 1.92 bits per heavy atom. The van der Waals surface area contributed by atoms with Crippen molar-refractivity contribution in [1.29, 1.82) is 0 Å². The highest BCUT2D eigenvalue weighted by Gasteiger charge is 2.10. The number of amides is 1. The van der Waals surface area contributed by atoms with Crippen LogP contribution in [0.4, 0.5) is 13.9 Å². The molecular formula is C17H13F2N3O2S2. The van der Waals surface area contributed by atoms with Gasteiger partial charge in [0, 0.05) is 11.8 Å². The molecule has 1 aromatic heterocycles. The first-order valence-corrected chi connectivity index (χ1v) is 9.28. The SMILES string of the molecule is O=C(COc1cccc(F)c1)Nc1nnc(SCc2ccc(F)cc2)s1. The number of hydrogen-bond donors (Lipinski definition) is 1. The topological polar surface area (TPSA) is 64.1 Å². The van der Waals surface area contributed by atoms with Gasteiger partial charge in [-0.25, -0.2) is 8.78 Å². The monoisotopic (exact) mass is 393 g/mol. The minimum atomic E-state index is -0.435. The van der Waals surface area contributed by atoms with Crippen molar-refractivity contribution >= 4 is 34.1 Å². The van der Waals surface area contributed by atoms with E-state index >= 15 is 0 Å². The first-order valence-electron chi connectivity index (χ1n) is 7.47. The minimum absolute atomic E-state index is 0.263. The van der Waals surface area contributed by atoms with E-state index in [0.29, 0.717) is 15.2 Å². The Balaban J connectivity index is 1.46. The number of benzene rings is 2. The molecule has 0 saturated heterocycles. The normalized spacial score (nSPS) is 10.5. The first kappa shape index (κ1) is 18.3. The van der Waals surface area contributed by atoms with Crippen LogP contribution in [0.3, 0.4) is 0 Å². The number of carbonyl (C=O) groups excluding carboxylic acids is 1. The molecule has 1 heterocycles. The Morgan fingerprint density at radius 3 is 2.69 bits per heavy atom. The zero-order chi connectivity index (χ0) is 18.4. The van der Waals surface area contributed by atoms with Crippen LogP contribution in [-0.2, 0) is 10.5 Å². The fourth-order valence-electron chi connectivity index (χ4n) is 1.91. The van der Waals surface area contributed by atoms with Crippen LogP contribution in [0.1, 0.15) is 5.56 Å². The molecule has 0 aliphatic rings. The number of rotatable bonds is 7. The van der Waals surface area contributed by atoms with Crippen LogP contribution in [0.2, 0.25) is 0 Å². The molecule has 5 nitrogen and oxygen atoms in total. The summed E-state index contributed by atoms with van der Waals surface area (Å²) in [5.41, 5.74) is 0.959. The zero-order valence-corrected chi connectivity index (χ0v) is 14.9. The van der Waals surface area contributed by atoms with E-state index in [1.54, 1.807) is 18.2 Å². The van der Waals surface area contributed by atoms with Crippen LogP contribution in [0.25, 0.3) is 0 Å². The molecule has 0 aliphatic heterocycles. The number of halogens is 2. The molecule has 0 bridgehead atoms. The lowest BCUT2D eigenvalue weighted by molar-refractivity contribution is -0.118. The molecular weight excluding hydrogens is 380 g/mol. The van der Waals surface area contributed by atoms with Crippen molar-refractivity contribution in [3.8, 4) is 5.75 Å². The molecule has 134 valence electrons. The summed E-state index contributed by atoms with van der Waals surface area (Å²) >= 11 is 2.66. The Hall–Kier alpha value is -2.52. The van der Waals surface area contributed by atoms with Crippen LogP contribution in [0.15, 0.2) is 52.9 Å². The third kappa shape index (κ3) is 5.50. The second-order valence-electron chi connectivity index (χ2n) is 5.08. The van der Waals surface area contributed by atoms with Gasteiger partial charge in [-0.2, -0.15) is 0 Å².